The second kappa shape index (κ2) is 7.03. The number of anilines is 1. The van der Waals surface area contributed by atoms with Gasteiger partial charge in [0.15, 0.2) is 17.4 Å². The van der Waals surface area contributed by atoms with Crippen LogP contribution in [0.2, 0.25) is 0 Å². The van der Waals surface area contributed by atoms with Crippen molar-refractivity contribution in [2.24, 2.45) is 10.7 Å². The number of imidazole rings is 1. The molecule has 4 rings (SSSR count). The van der Waals surface area contributed by atoms with E-state index in [9.17, 15) is 23.2 Å². The Hall–Kier alpha value is -4.14. The van der Waals surface area contributed by atoms with Crippen LogP contribution in [0.15, 0.2) is 47.8 Å². The summed E-state index contributed by atoms with van der Waals surface area (Å²) in [7, 11) is 0. The Balaban J connectivity index is 1.61. The van der Waals surface area contributed by atoms with Crippen molar-refractivity contribution in [2.45, 2.75) is 18.9 Å². The van der Waals surface area contributed by atoms with Gasteiger partial charge >= 0.3 is 6.30 Å². The van der Waals surface area contributed by atoms with Gasteiger partial charge in [0.25, 0.3) is 5.91 Å². The van der Waals surface area contributed by atoms with Crippen LogP contribution in [0, 0.1) is 11.3 Å². The van der Waals surface area contributed by atoms with Gasteiger partial charge in [-0.2, -0.15) is 15.0 Å². The van der Waals surface area contributed by atoms with Crippen molar-refractivity contribution in [1.82, 2.24) is 19.3 Å². The number of hydrogen-bond donors (Lipinski definition) is 2. The Labute approximate surface area is 167 Å². The number of aromatic nitrogens is 4. The Morgan fingerprint density at radius 3 is 2.80 bits per heavy atom. The zero-order chi connectivity index (χ0) is 21.5. The van der Waals surface area contributed by atoms with Gasteiger partial charge in [-0.15, -0.1) is 13.2 Å². The summed E-state index contributed by atoms with van der Waals surface area (Å²) < 4.78 is 39.5. The highest BCUT2D eigenvalue weighted by Crippen LogP contribution is 2.29. The summed E-state index contributed by atoms with van der Waals surface area (Å²) in [5.74, 6) is -0.0843. The van der Waals surface area contributed by atoms with Gasteiger partial charge in [-0.25, -0.2) is 4.98 Å². The number of amides is 1. The third-order valence-electron chi connectivity index (χ3n) is 4.48. The summed E-state index contributed by atoms with van der Waals surface area (Å²) in [4.78, 5) is 20.8. The summed E-state index contributed by atoms with van der Waals surface area (Å²) in [6, 6.07) is 7.04. The van der Waals surface area contributed by atoms with E-state index >= 15 is 0 Å². The quantitative estimate of drug-likeness (QED) is 0.679. The first-order chi connectivity index (χ1) is 14.3. The van der Waals surface area contributed by atoms with Crippen LogP contribution in [-0.2, 0) is 12.8 Å². The standard InChI is InChI=1S/C18H13F3N8O/c19-18(20,21)29-5-3-13(27-29)17(30)25-11-2-1-10(8-22)12(7-11)14-9-28-6-4-24-16(28)15(23)26-14/h1-7,14H,9H2,(H2,23,26)(H,25,30). The van der Waals surface area contributed by atoms with Crippen molar-refractivity contribution < 1.29 is 18.0 Å². The van der Waals surface area contributed by atoms with E-state index in [0.29, 0.717) is 29.7 Å². The molecule has 2 aromatic heterocycles. The number of halogens is 3. The Kier molecular flexibility index (Phi) is 4.50. The number of rotatable bonds is 3. The van der Waals surface area contributed by atoms with Crippen LogP contribution in [-0.4, -0.2) is 31.1 Å². The molecule has 0 radical (unpaired) electrons. The lowest BCUT2D eigenvalue weighted by Gasteiger charge is -2.22. The maximum Gasteiger partial charge on any atom is 0.504 e. The van der Waals surface area contributed by atoms with Crippen LogP contribution < -0.4 is 11.1 Å². The second-order valence-electron chi connectivity index (χ2n) is 6.41. The summed E-state index contributed by atoms with van der Waals surface area (Å²) in [6.07, 6.45) is -0.743. The van der Waals surface area contributed by atoms with E-state index in [1.165, 1.54) is 12.1 Å². The minimum Gasteiger partial charge on any atom is -0.381 e. The Bertz CT molecular complexity index is 1200. The fraction of sp³-hybridized carbons (Fsp3) is 0.167. The molecule has 1 amide bonds. The van der Waals surface area contributed by atoms with Gasteiger partial charge in [0.2, 0.25) is 0 Å². The summed E-state index contributed by atoms with van der Waals surface area (Å²) >= 11 is 0. The molecule has 30 heavy (non-hydrogen) atoms. The molecule has 0 saturated carbocycles. The van der Waals surface area contributed by atoms with Crippen molar-refractivity contribution in [3.63, 3.8) is 0 Å². The molecule has 3 aromatic rings. The molecular weight excluding hydrogens is 401 g/mol. The second-order valence-corrected chi connectivity index (χ2v) is 6.41. The van der Waals surface area contributed by atoms with Crippen LogP contribution in [0.3, 0.4) is 0 Å². The van der Waals surface area contributed by atoms with Crippen LogP contribution in [0.4, 0.5) is 18.9 Å². The number of benzene rings is 1. The molecule has 0 fully saturated rings. The van der Waals surface area contributed by atoms with Crippen molar-refractivity contribution in [2.75, 3.05) is 5.32 Å². The SMILES string of the molecule is N#Cc1ccc(NC(=O)c2ccn(C(F)(F)F)n2)cc1C1Cn2ccnc2C(N)=N1. The first kappa shape index (κ1) is 19.2. The normalized spacial score (nSPS) is 15.8. The minimum atomic E-state index is -4.72. The zero-order valence-electron chi connectivity index (χ0n) is 15.1. The van der Waals surface area contributed by atoms with Crippen LogP contribution in [0.5, 0.6) is 0 Å². The van der Waals surface area contributed by atoms with Crippen LogP contribution in [0.25, 0.3) is 0 Å². The number of nitrogens with zero attached hydrogens (tertiary/aromatic N) is 6. The number of amidine groups is 1. The van der Waals surface area contributed by atoms with Gasteiger partial charge in [0, 0.05) is 24.3 Å². The maximum absolute atomic E-state index is 12.7. The summed E-state index contributed by atoms with van der Waals surface area (Å²) in [5.41, 5.74) is 6.68. The highest BCUT2D eigenvalue weighted by atomic mass is 19.4. The number of alkyl halides is 3. The molecule has 0 spiro atoms. The van der Waals surface area contributed by atoms with Crippen molar-refractivity contribution >= 4 is 17.4 Å². The van der Waals surface area contributed by atoms with Crippen LogP contribution >= 0.6 is 0 Å². The summed E-state index contributed by atoms with van der Waals surface area (Å²) in [6.45, 7) is 0.387. The van der Waals surface area contributed by atoms with Gasteiger partial charge in [-0.1, -0.05) is 0 Å². The number of fused-ring (bicyclic) bond motifs is 1. The van der Waals surface area contributed by atoms with E-state index < -0.39 is 23.9 Å². The van der Waals surface area contributed by atoms with Crippen molar-refractivity contribution in [3.05, 3.63) is 65.5 Å². The molecule has 3 N–H and O–H groups in total. The molecule has 0 aliphatic carbocycles. The fourth-order valence-corrected chi connectivity index (χ4v) is 3.11. The van der Waals surface area contributed by atoms with Gasteiger partial charge in [-0.05, 0) is 29.8 Å². The first-order valence-electron chi connectivity index (χ1n) is 8.59. The summed E-state index contributed by atoms with van der Waals surface area (Å²) in [5, 5.41) is 15.2. The Morgan fingerprint density at radius 1 is 1.30 bits per heavy atom. The zero-order valence-corrected chi connectivity index (χ0v) is 15.1. The predicted octanol–water partition coefficient (Wildman–Crippen LogP) is 2.14. The lowest BCUT2D eigenvalue weighted by molar-refractivity contribution is -0.212. The molecule has 3 heterocycles. The number of nitrogens with two attached hydrogens (primary N) is 1. The lowest BCUT2D eigenvalue weighted by atomic mass is 9.99. The smallest absolute Gasteiger partial charge is 0.381 e. The number of carbonyl (C=O) groups is 1. The largest absolute Gasteiger partial charge is 0.504 e. The van der Waals surface area contributed by atoms with E-state index in [0.717, 1.165) is 6.07 Å². The molecule has 1 aliphatic heterocycles. The Morgan fingerprint density at radius 2 is 2.10 bits per heavy atom. The van der Waals surface area contributed by atoms with Gasteiger partial charge < -0.3 is 15.6 Å². The number of nitrogens with one attached hydrogen (secondary N) is 1. The van der Waals surface area contributed by atoms with Crippen molar-refractivity contribution in [3.8, 4) is 6.07 Å². The molecule has 1 unspecified atom stereocenters. The number of nitriles is 1. The molecule has 0 saturated heterocycles. The highest BCUT2D eigenvalue weighted by molar-refractivity contribution is 6.02. The monoisotopic (exact) mass is 414 g/mol. The van der Waals surface area contributed by atoms with Gasteiger partial charge in [0.1, 0.15) is 0 Å². The van der Waals surface area contributed by atoms with Gasteiger partial charge in [0.05, 0.1) is 24.2 Å². The molecule has 1 aromatic carbocycles. The average molecular weight is 414 g/mol. The predicted molar refractivity (Wildman–Crippen MR) is 98.3 cm³/mol. The van der Waals surface area contributed by atoms with Crippen LogP contribution in [0.1, 0.15) is 33.5 Å². The fourth-order valence-electron chi connectivity index (χ4n) is 3.11. The van der Waals surface area contributed by atoms with Crippen molar-refractivity contribution in [1.29, 1.82) is 5.26 Å². The number of aliphatic imine (C=N–C) groups is 1. The number of carbonyl (C=O) groups excluding carboxylic acids is 1. The lowest BCUT2D eigenvalue weighted by Crippen LogP contribution is -2.27. The molecule has 12 heteroatoms. The minimum absolute atomic E-state index is 0.215. The van der Waals surface area contributed by atoms with E-state index in [1.54, 1.807) is 23.0 Å². The number of hydrogen-bond acceptors (Lipinski definition) is 6. The third kappa shape index (κ3) is 3.48. The molecule has 0 bridgehead atoms. The maximum atomic E-state index is 12.7. The highest BCUT2D eigenvalue weighted by Gasteiger charge is 2.32. The first-order valence-corrected chi connectivity index (χ1v) is 8.59. The van der Waals surface area contributed by atoms with E-state index in [2.05, 4.69) is 26.5 Å². The average Bonchev–Trinajstić information content (AvgIpc) is 3.37. The van der Waals surface area contributed by atoms with E-state index in [-0.39, 0.29) is 16.2 Å². The molecule has 1 atom stereocenters. The molecule has 1 aliphatic rings. The molecule has 9 nitrogen and oxygen atoms in total. The molecular formula is C18H13F3N8O. The van der Waals surface area contributed by atoms with E-state index in [4.69, 9.17) is 5.73 Å². The third-order valence-corrected chi connectivity index (χ3v) is 4.48. The van der Waals surface area contributed by atoms with Gasteiger partial charge in [-0.3, -0.25) is 9.79 Å². The molecule has 152 valence electrons. The topological polar surface area (TPSA) is 127 Å². The van der Waals surface area contributed by atoms with E-state index in [1.807, 2.05) is 0 Å².